The van der Waals surface area contributed by atoms with E-state index in [9.17, 15) is 5.11 Å². The van der Waals surface area contributed by atoms with Gasteiger partial charge in [-0.3, -0.25) is 0 Å². The monoisotopic (exact) mass is 231 g/mol. The first kappa shape index (κ1) is 11.9. The number of benzene rings is 2. The summed E-state index contributed by atoms with van der Waals surface area (Å²) in [6.45, 7) is 1.70. The molecule has 17 heavy (non-hydrogen) atoms. The molecule has 2 rings (SSSR count). The molecule has 0 aliphatic carbocycles. The molecule has 0 aromatic heterocycles. The smallest absolute Gasteiger partial charge is 0.126 e. The highest BCUT2D eigenvalue weighted by molar-refractivity contribution is 5.91. The van der Waals surface area contributed by atoms with Gasteiger partial charge in [0.15, 0.2) is 0 Å². The lowest BCUT2D eigenvalue weighted by molar-refractivity contribution is 0.165. The Morgan fingerprint density at radius 1 is 1.12 bits per heavy atom. The maximum absolute atomic E-state index is 9.60. The molecule has 0 bridgehead atoms. The first-order valence-electron chi connectivity index (χ1n) is 5.64. The van der Waals surface area contributed by atoms with Crippen LogP contribution in [0.2, 0.25) is 0 Å². The molecule has 0 saturated heterocycles. The predicted octanol–water partition coefficient (Wildman–Crippen LogP) is 2.23. The summed E-state index contributed by atoms with van der Waals surface area (Å²) in [7, 11) is 1.65. The fourth-order valence-electron chi connectivity index (χ4n) is 2.02. The molecule has 0 heterocycles. The number of ether oxygens (including phenoxy) is 1. The number of aliphatic hydroxyl groups is 1. The molecular formula is C14H17NO2. The molecule has 0 radical (unpaired) electrons. The number of methoxy groups -OCH3 is 1. The minimum atomic E-state index is -0.577. The molecular weight excluding hydrogens is 214 g/mol. The number of hydrogen-bond acceptors (Lipinski definition) is 3. The lowest BCUT2D eigenvalue weighted by Crippen LogP contribution is -2.23. The van der Waals surface area contributed by atoms with Crippen LogP contribution in [0.3, 0.4) is 0 Å². The molecule has 0 fully saturated rings. The number of aliphatic hydroxyl groups excluding tert-OH is 1. The summed E-state index contributed by atoms with van der Waals surface area (Å²) in [5.74, 6) is 0.821. The van der Waals surface area contributed by atoms with Gasteiger partial charge in [0.2, 0.25) is 0 Å². The van der Waals surface area contributed by atoms with Crippen molar-refractivity contribution < 1.29 is 9.84 Å². The summed E-state index contributed by atoms with van der Waals surface area (Å²) in [6.07, 6.45) is -0.577. The zero-order valence-corrected chi connectivity index (χ0v) is 10.1. The van der Waals surface area contributed by atoms with Crippen LogP contribution in [-0.2, 0) is 0 Å². The van der Waals surface area contributed by atoms with Crippen LogP contribution in [-0.4, -0.2) is 18.3 Å². The van der Waals surface area contributed by atoms with Gasteiger partial charge in [-0.15, -0.1) is 0 Å². The van der Waals surface area contributed by atoms with E-state index in [1.54, 1.807) is 14.0 Å². The van der Waals surface area contributed by atoms with Crippen LogP contribution in [0.4, 0.5) is 0 Å². The van der Waals surface area contributed by atoms with Crippen molar-refractivity contribution in [2.45, 2.75) is 19.1 Å². The molecule has 3 heteroatoms. The maximum atomic E-state index is 9.60. The van der Waals surface area contributed by atoms with Crippen LogP contribution in [0.25, 0.3) is 10.8 Å². The molecule has 0 saturated carbocycles. The average Bonchev–Trinajstić information content (AvgIpc) is 2.36. The zero-order valence-electron chi connectivity index (χ0n) is 10.1. The van der Waals surface area contributed by atoms with Crippen molar-refractivity contribution in [2.24, 2.45) is 5.73 Å². The largest absolute Gasteiger partial charge is 0.496 e. The van der Waals surface area contributed by atoms with E-state index < -0.39 is 6.10 Å². The van der Waals surface area contributed by atoms with Crippen LogP contribution in [0.1, 0.15) is 18.5 Å². The van der Waals surface area contributed by atoms with Gasteiger partial charge in [0.25, 0.3) is 0 Å². The van der Waals surface area contributed by atoms with E-state index in [-0.39, 0.29) is 6.04 Å². The highest BCUT2D eigenvalue weighted by Crippen LogP contribution is 2.31. The maximum Gasteiger partial charge on any atom is 0.126 e. The Bertz CT molecular complexity index is 523. The van der Waals surface area contributed by atoms with Crippen molar-refractivity contribution in [3.63, 3.8) is 0 Å². The zero-order chi connectivity index (χ0) is 12.4. The third-order valence-electron chi connectivity index (χ3n) is 3.02. The van der Waals surface area contributed by atoms with Crippen molar-refractivity contribution in [2.75, 3.05) is 7.11 Å². The van der Waals surface area contributed by atoms with E-state index in [4.69, 9.17) is 10.5 Å². The van der Waals surface area contributed by atoms with Gasteiger partial charge < -0.3 is 15.6 Å². The van der Waals surface area contributed by atoms with Crippen molar-refractivity contribution in [3.05, 3.63) is 42.0 Å². The molecule has 0 unspecified atom stereocenters. The molecule has 0 aliphatic rings. The van der Waals surface area contributed by atoms with Crippen molar-refractivity contribution >= 4 is 10.8 Å². The molecule has 0 aliphatic heterocycles. The third-order valence-corrected chi connectivity index (χ3v) is 3.02. The molecule has 2 atom stereocenters. The van der Waals surface area contributed by atoms with Gasteiger partial charge in [0.1, 0.15) is 5.75 Å². The van der Waals surface area contributed by atoms with Crippen LogP contribution in [0.15, 0.2) is 36.4 Å². The number of hydrogen-bond donors (Lipinski definition) is 2. The van der Waals surface area contributed by atoms with Gasteiger partial charge in [-0.25, -0.2) is 0 Å². The Kier molecular flexibility index (Phi) is 3.31. The van der Waals surface area contributed by atoms with Crippen LogP contribution in [0.5, 0.6) is 5.75 Å². The van der Waals surface area contributed by atoms with Gasteiger partial charge in [-0.05, 0) is 23.9 Å². The van der Waals surface area contributed by atoms with E-state index in [2.05, 4.69) is 0 Å². The van der Waals surface area contributed by atoms with Gasteiger partial charge in [-0.2, -0.15) is 0 Å². The topological polar surface area (TPSA) is 55.5 Å². The standard InChI is InChI=1S/C14H17NO2/c1-9(16)14(15)12-7-8-13(17-2)11-6-4-3-5-10(11)12/h3-9,14,16H,15H2,1-2H3/t9-,14-/m0/s1. The molecule has 0 spiro atoms. The van der Waals surface area contributed by atoms with Crippen molar-refractivity contribution in [1.82, 2.24) is 0 Å². The van der Waals surface area contributed by atoms with Crippen LogP contribution >= 0.6 is 0 Å². The summed E-state index contributed by atoms with van der Waals surface area (Å²) in [4.78, 5) is 0. The Balaban J connectivity index is 2.66. The molecule has 2 aromatic carbocycles. The first-order chi connectivity index (χ1) is 8.15. The molecule has 90 valence electrons. The summed E-state index contributed by atoms with van der Waals surface area (Å²) in [5.41, 5.74) is 6.95. The number of nitrogens with two attached hydrogens (primary N) is 1. The normalized spacial score (nSPS) is 14.6. The second-order valence-electron chi connectivity index (χ2n) is 4.17. The predicted molar refractivity (Wildman–Crippen MR) is 69.1 cm³/mol. The van der Waals surface area contributed by atoms with Crippen LogP contribution < -0.4 is 10.5 Å². The molecule has 3 N–H and O–H groups in total. The lowest BCUT2D eigenvalue weighted by atomic mass is 9.96. The lowest BCUT2D eigenvalue weighted by Gasteiger charge is -2.18. The number of rotatable bonds is 3. The third kappa shape index (κ3) is 2.12. The second-order valence-corrected chi connectivity index (χ2v) is 4.17. The summed E-state index contributed by atoms with van der Waals surface area (Å²) in [5, 5.41) is 11.6. The van der Waals surface area contributed by atoms with Crippen LogP contribution in [0, 0.1) is 0 Å². The van der Waals surface area contributed by atoms with E-state index in [0.717, 1.165) is 22.1 Å². The second kappa shape index (κ2) is 4.73. The van der Waals surface area contributed by atoms with Gasteiger partial charge in [0.05, 0.1) is 19.3 Å². The van der Waals surface area contributed by atoms with E-state index >= 15 is 0 Å². The fraction of sp³-hybridized carbons (Fsp3) is 0.286. The quantitative estimate of drug-likeness (QED) is 0.851. The Labute approximate surface area is 101 Å². The first-order valence-corrected chi connectivity index (χ1v) is 5.64. The van der Waals surface area contributed by atoms with E-state index in [1.165, 1.54) is 0 Å². The van der Waals surface area contributed by atoms with Gasteiger partial charge >= 0.3 is 0 Å². The van der Waals surface area contributed by atoms with Crippen molar-refractivity contribution in [1.29, 1.82) is 0 Å². The minimum Gasteiger partial charge on any atom is -0.496 e. The molecule has 3 nitrogen and oxygen atoms in total. The SMILES string of the molecule is COc1ccc([C@@H](N)[C@H](C)O)c2ccccc12. The number of fused-ring (bicyclic) bond motifs is 1. The fourth-order valence-corrected chi connectivity index (χ4v) is 2.02. The summed E-state index contributed by atoms with van der Waals surface area (Å²) in [6, 6.07) is 11.3. The Morgan fingerprint density at radius 3 is 2.35 bits per heavy atom. The van der Waals surface area contributed by atoms with Crippen molar-refractivity contribution in [3.8, 4) is 5.75 Å². The Hall–Kier alpha value is -1.58. The average molecular weight is 231 g/mol. The van der Waals surface area contributed by atoms with E-state index in [1.807, 2.05) is 36.4 Å². The highest BCUT2D eigenvalue weighted by atomic mass is 16.5. The highest BCUT2D eigenvalue weighted by Gasteiger charge is 2.16. The van der Waals surface area contributed by atoms with Gasteiger partial charge in [-0.1, -0.05) is 30.3 Å². The molecule has 2 aromatic rings. The van der Waals surface area contributed by atoms with Gasteiger partial charge in [0, 0.05) is 5.39 Å². The Morgan fingerprint density at radius 2 is 1.76 bits per heavy atom. The summed E-state index contributed by atoms with van der Waals surface area (Å²) < 4.78 is 5.32. The minimum absolute atomic E-state index is 0.384. The van der Waals surface area contributed by atoms with E-state index in [0.29, 0.717) is 0 Å². The summed E-state index contributed by atoms with van der Waals surface area (Å²) >= 11 is 0. The molecule has 0 amide bonds.